The highest BCUT2D eigenvalue weighted by molar-refractivity contribution is 6.00. The van der Waals surface area contributed by atoms with E-state index in [2.05, 4.69) is 27.8 Å². The van der Waals surface area contributed by atoms with Crippen LogP contribution in [0.2, 0.25) is 0 Å². The summed E-state index contributed by atoms with van der Waals surface area (Å²) in [6.45, 7) is 3.47. The van der Waals surface area contributed by atoms with Crippen LogP contribution >= 0.6 is 0 Å². The van der Waals surface area contributed by atoms with Gasteiger partial charge in [0, 0.05) is 35.8 Å². The van der Waals surface area contributed by atoms with Gasteiger partial charge in [0.05, 0.1) is 7.11 Å². The number of fused-ring (bicyclic) bond motifs is 1. The van der Waals surface area contributed by atoms with Crippen molar-refractivity contribution in [1.82, 2.24) is 9.47 Å². The number of ether oxygens (including phenoxy) is 1. The van der Waals surface area contributed by atoms with Crippen LogP contribution in [-0.2, 0) is 13.1 Å². The Labute approximate surface area is 165 Å². The second-order valence-corrected chi connectivity index (χ2v) is 7.43. The molecule has 5 heteroatoms. The molecule has 1 saturated heterocycles. The molecule has 0 radical (unpaired) electrons. The molecule has 2 heterocycles. The third-order valence-electron chi connectivity index (χ3n) is 5.53. The summed E-state index contributed by atoms with van der Waals surface area (Å²) >= 11 is 0. The van der Waals surface area contributed by atoms with E-state index in [-0.39, 0.29) is 5.78 Å². The minimum Gasteiger partial charge on any atom is -0.497 e. The number of carbonyl (C=O) groups excluding carboxylic acids is 1. The highest BCUT2D eigenvalue weighted by Gasteiger charge is 2.17. The summed E-state index contributed by atoms with van der Waals surface area (Å²) in [6.07, 6.45) is 4.74. The zero-order valence-electron chi connectivity index (χ0n) is 16.2. The van der Waals surface area contributed by atoms with Crippen LogP contribution in [0, 0.1) is 0 Å². The minimum absolute atomic E-state index is 0.250. The summed E-state index contributed by atoms with van der Waals surface area (Å²) in [4.78, 5) is 14.5. The van der Waals surface area contributed by atoms with Gasteiger partial charge in [0.2, 0.25) is 0 Å². The Balaban J connectivity index is 1.71. The second kappa shape index (κ2) is 8.17. The monoisotopic (exact) mass is 378 g/mol. The quantitative estimate of drug-likeness (QED) is 0.640. The summed E-state index contributed by atoms with van der Waals surface area (Å²) < 4.78 is 7.45. The molecule has 146 valence electrons. The Morgan fingerprint density at radius 1 is 1.07 bits per heavy atom. The molecule has 2 aromatic carbocycles. The zero-order chi connectivity index (χ0) is 19.5. The smallest absolute Gasteiger partial charge is 0.188 e. The Morgan fingerprint density at radius 3 is 2.50 bits per heavy atom. The van der Waals surface area contributed by atoms with Crippen molar-refractivity contribution in [2.45, 2.75) is 25.9 Å². The van der Waals surface area contributed by atoms with Gasteiger partial charge in [-0.05, 0) is 55.3 Å². The lowest BCUT2D eigenvalue weighted by Crippen LogP contribution is -2.18. The van der Waals surface area contributed by atoms with E-state index >= 15 is 0 Å². The average Bonchev–Trinajstić information content (AvgIpc) is 3.36. The van der Waals surface area contributed by atoms with Gasteiger partial charge in [-0.2, -0.15) is 0 Å². The van der Waals surface area contributed by atoms with Crippen molar-refractivity contribution in [3.8, 4) is 5.75 Å². The van der Waals surface area contributed by atoms with E-state index in [9.17, 15) is 9.90 Å². The fraction of sp³-hybridized carbons (Fsp3) is 0.348. The van der Waals surface area contributed by atoms with Gasteiger partial charge < -0.3 is 14.4 Å². The number of Topliss-reactive ketones (excluding diaryl/α,β-unsaturated/α-hetero) is 1. The molecule has 1 aliphatic rings. The number of likely N-dealkylation sites (tertiary alicyclic amines) is 1. The van der Waals surface area contributed by atoms with Crippen LogP contribution in [0.15, 0.2) is 48.7 Å². The average molecular weight is 378 g/mol. The summed E-state index contributed by atoms with van der Waals surface area (Å²) in [6, 6.07) is 13.8. The number of nitrogens with zero attached hydrogens (tertiary/aromatic N) is 2. The highest BCUT2D eigenvalue weighted by Crippen LogP contribution is 2.27. The molecule has 0 atom stereocenters. The van der Waals surface area contributed by atoms with E-state index in [1.165, 1.54) is 29.4 Å². The molecule has 5 nitrogen and oxygen atoms in total. The summed E-state index contributed by atoms with van der Waals surface area (Å²) in [5.41, 5.74) is 4.04. The minimum atomic E-state index is -0.467. The van der Waals surface area contributed by atoms with Gasteiger partial charge in [-0.15, -0.1) is 0 Å². The normalized spacial score (nSPS) is 14.6. The topological polar surface area (TPSA) is 54.7 Å². The molecule has 1 fully saturated rings. The maximum Gasteiger partial charge on any atom is 0.188 e. The first-order chi connectivity index (χ1) is 13.7. The number of ketones is 1. The van der Waals surface area contributed by atoms with Crippen molar-refractivity contribution >= 4 is 16.7 Å². The van der Waals surface area contributed by atoms with Crippen molar-refractivity contribution in [3.05, 3.63) is 65.4 Å². The number of benzene rings is 2. The summed E-state index contributed by atoms with van der Waals surface area (Å²) in [5.74, 6) is 0.590. The van der Waals surface area contributed by atoms with Gasteiger partial charge in [0.15, 0.2) is 5.78 Å². The van der Waals surface area contributed by atoms with E-state index in [0.717, 1.165) is 37.4 Å². The molecular formula is C23H26N2O3. The number of carbonyl (C=O) groups is 1. The van der Waals surface area contributed by atoms with Gasteiger partial charge in [0.1, 0.15) is 12.4 Å². The number of hydrogen-bond donors (Lipinski definition) is 1. The number of aliphatic hydroxyl groups excluding tert-OH is 1. The maximum atomic E-state index is 12.0. The van der Waals surface area contributed by atoms with E-state index < -0.39 is 6.61 Å². The Morgan fingerprint density at radius 2 is 1.82 bits per heavy atom. The standard InChI is InChI=1S/C23H26N2O3/c1-28-20-7-4-17(5-8-20)13-25-15-19(14-24-10-2-3-11-24)21-9-6-18(12-22(21)25)23(27)16-26/h4-9,12,15,26H,2-3,10-11,13-14,16H2,1H3. The van der Waals surface area contributed by atoms with Crippen LogP contribution < -0.4 is 4.74 Å². The molecule has 1 aromatic heterocycles. The Bertz CT molecular complexity index is 969. The number of methoxy groups -OCH3 is 1. The van der Waals surface area contributed by atoms with Crippen molar-refractivity contribution in [2.24, 2.45) is 0 Å². The molecule has 1 N–H and O–H groups in total. The third-order valence-corrected chi connectivity index (χ3v) is 5.53. The lowest BCUT2D eigenvalue weighted by molar-refractivity contribution is 0.0904. The van der Waals surface area contributed by atoms with Gasteiger partial charge in [-0.25, -0.2) is 0 Å². The highest BCUT2D eigenvalue weighted by atomic mass is 16.5. The molecule has 1 aliphatic heterocycles. The largest absolute Gasteiger partial charge is 0.497 e. The molecule has 28 heavy (non-hydrogen) atoms. The van der Waals surface area contributed by atoms with E-state index in [4.69, 9.17) is 4.74 Å². The van der Waals surface area contributed by atoms with Crippen molar-refractivity contribution in [2.75, 3.05) is 26.8 Å². The summed E-state index contributed by atoms with van der Waals surface area (Å²) in [5, 5.41) is 10.4. The van der Waals surface area contributed by atoms with Gasteiger partial charge >= 0.3 is 0 Å². The van der Waals surface area contributed by atoms with Crippen LogP contribution in [0.4, 0.5) is 0 Å². The SMILES string of the molecule is COc1ccc(Cn2cc(CN3CCCC3)c3ccc(C(=O)CO)cc32)cc1. The fourth-order valence-corrected chi connectivity index (χ4v) is 4.00. The molecule has 3 aromatic rings. The first-order valence-corrected chi connectivity index (χ1v) is 9.79. The molecule has 0 saturated carbocycles. The van der Waals surface area contributed by atoms with E-state index in [1.807, 2.05) is 30.3 Å². The van der Waals surface area contributed by atoms with Crippen molar-refractivity contribution < 1.29 is 14.6 Å². The van der Waals surface area contributed by atoms with Gasteiger partial charge in [-0.3, -0.25) is 9.69 Å². The molecular weight excluding hydrogens is 352 g/mol. The van der Waals surface area contributed by atoms with Crippen molar-refractivity contribution in [1.29, 1.82) is 0 Å². The van der Waals surface area contributed by atoms with Gasteiger partial charge in [0.25, 0.3) is 0 Å². The zero-order valence-corrected chi connectivity index (χ0v) is 16.2. The number of aliphatic hydroxyl groups is 1. The fourth-order valence-electron chi connectivity index (χ4n) is 4.00. The first-order valence-electron chi connectivity index (χ1n) is 9.79. The third kappa shape index (κ3) is 3.81. The maximum absolute atomic E-state index is 12.0. The first kappa shape index (κ1) is 18.7. The molecule has 4 rings (SSSR count). The predicted octanol–water partition coefficient (Wildman–Crippen LogP) is 3.47. The van der Waals surface area contributed by atoms with Crippen LogP contribution in [0.5, 0.6) is 5.75 Å². The molecule has 0 bridgehead atoms. The van der Waals surface area contributed by atoms with Crippen LogP contribution in [-0.4, -0.2) is 47.2 Å². The molecule has 0 unspecified atom stereocenters. The van der Waals surface area contributed by atoms with Crippen LogP contribution in [0.25, 0.3) is 10.9 Å². The van der Waals surface area contributed by atoms with E-state index in [1.54, 1.807) is 7.11 Å². The Hall–Kier alpha value is -2.63. The van der Waals surface area contributed by atoms with Crippen molar-refractivity contribution in [3.63, 3.8) is 0 Å². The molecule has 0 aliphatic carbocycles. The molecule has 0 amide bonds. The predicted molar refractivity (Wildman–Crippen MR) is 110 cm³/mol. The number of aromatic nitrogens is 1. The summed E-state index contributed by atoms with van der Waals surface area (Å²) in [7, 11) is 1.67. The second-order valence-electron chi connectivity index (χ2n) is 7.43. The molecule has 0 spiro atoms. The number of rotatable bonds is 7. The van der Waals surface area contributed by atoms with Crippen LogP contribution in [0.3, 0.4) is 0 Å². The lowest BCUT2D eigenvalue weighted by atomic mass is 10.1. The lowest BCUT2D eigenvalue weighted by Gasteiger charge is -2.13. The van der Waals surface area contributed by atoms with Crippen LogP contribution in [0.1, 0.15) is 34.3 Å². The Kier molecular flexibility index (Phi) is 5.46. The van der Waals surface area contributed by atoms with E-state index in [0.29, 0.717) is 5.56 Å². The number of hydrogen-bond acceptors (Lipinski definition) is 4. The van der Waals surface area contributed by atoms with Gasteiger partial charge in [-0.1, -0.05) is 24.3 Å².